The molecule has 4 aromatic rings. The van der Waals surface area contributed by atoms with E-state index >= 15 is 0 Å². The number of phenols is 5. The predicted molar refractivity (Wildman–Crippen MR) is 128 cm³/mol. The van der Waals surface area contributed by atoms with Crippen LogP contribution in [0.3, 0.4) is 0 Å². The second-order valence-electron chi connectivity index (χ2n) is 8.30. The van der Waals surface area contributed by atoms with E-state index in [0.717, 1.165) is 16.7 Å². The first kappa shape index (κ1) is 21.3. The van der Waals surface area contributed by atoms with Crippen molar-refractivity contribution in [3.05, 3.63) is 107 Å². The maximum absolute atomic E-state index is 10.1. The quantitative estimate of drug-likeness (QED) is 0.255. The molecule has 0 radical (unpaired) electrons. The molecule has 0 bridgehead atoms. The molecule has 0 aliphatic carbocycles. The van der Waals surface area contributed by atoms with Gasteiger partial charge in [0.05, 0.1) is 5.92 Å². The van der Waals surface area contributed by atoms with Gasteiger partial charge in [-0.1, -0.05) is 30.4 Å². The molecular formula is C28H22O6. The third-order valence-corrected chi connectivity index (χ3v) is 5.82. The van der Waals surface area contributed by atoms with E-state index in [9.17, 15) is 25.5 Å². The molecule has 1 aliphatic heterocycles. The molecule has 5 rings (SSSR count). The molecule has 2 atom stereocenters. The zero-order valence-corrected chi connectivity index (χ0v) is 18.0. The fraction of sp³-hybridized carbons (Fsp3) is 0.0714. The molecule has 0 amide bonds. The van der Waals surface area contributed by atoms with Gasteiger partial charge in [0.25, 0.3) is 0 Å². The zero-order chi connectivity index (χ0) is 23.8. The van der Waals surface area contributed by atoms with E-state index < -0.39 is 6.10 Å². The van der Waals surface area contributed by atoms with Crippen LogP contribution in [0.25, 0.3) is 12.2 Å². The highest BCUT2D eigenvalue weighted by Crippen LogP contribution is 2.51. The summed E-state index contributed by atoms with van der Waals surface area (Å²) >= 11 is 0. The van der Waals surface area contributed by atoms with Gasteiger partial charge in [0.15, 0.2) is 0 Å². The Kier molecular flexibility index (Phi) is 5.26. The van der Waals surface area contributed by atoms with Gasteiger partial charge in [-0.3, -0.25) is 0 Å². The molecule has 0 saturated heterocycles. The average molecular weight is 454 g/mol. The van der Waals surface area contributed by atoms with Crippen LogP contribution in [0.15, 0.2) is 78.9 Å². The smallest absolute Gasteiger partial charge is 0.135 e. The van der Waals surface area contributed by atoms with Crippen LogP contribution in [0.5, 0.6) is 34.5 Å². The van der Waals surface area contributed by atoms with Crippen molar-refractivity contribution in [2.24, 2.45) is 0 Å². The van der Waals surface area contributed by atoms with E-state index in [1.807, 2.05) is 24.3 Å². The van der Waals surface area contributed by atoms with Crippen LogP contribution in [-0.2, 0) is 0 Å². The second-order valence-corrected chi connectivity index (χ2v) is 8.30. The summed E-state index contributed by atoms with van der Waals surface area (Å²) in [6, 6.07) is 21.4. The molecule has 0 saturated carbocycles. The molecule has 170 valence electrons. The monoisotopic (exact) mass is 454 g/mol. The van der Waals surface area contributed by atoms with Crippen molar-refractivity contribution in [1.29, 1.82) is 0 Å². The van der Waals surface area contributed by atoms with Crippen molar-refractivity contribution in [3.8, 4) is 34.5 Å². The van der Waals surface area contributed by atoms with Crippen molar-refractivity contribution >= 4 is 12.2 Å². The van der Waals surface area contributed by atoms with Crippen LogP contribution in [-0.4, -0.2) is 25.5 Å². The van der Waals surface area contributed by atoms with Crippen molar-refractivity contribution in [3.63, 3.8) is 0 Å². The number of hydrogen-bond acceptors (Lipinski definition) is 6. The van der Waals surface area contributed by atoms with Gasteiger partial charge in [-0.05, 0) is 70.8 Å². The predicted octanol–water partition coefficient (Wildman–Crippen LogP) is 5.65. The highest BCUT2D eigenvalue weighted by atomic mass is 16.5. The summed E-state index contributed by atoms with van der Waals surface area (Å²) < 4.78 is 6.29. The lowest BCUT2D eigenvalue weighted by atomic mass is 9.84. The van der Waals surface area contributed by atoms with E-state index in [4.69, 9.17) is 4.74 Å². The van der Waals surface area contributed by atoms with Gasteiger partial charge >= 0.3 is 0 Å². The molecule has 4 aromatic carbocycles. The van der Waals surface area contributed by atoms with Gasteiger partial charge in [0, 0.05) is 17.7 Å². The zero-order valence-electron chi connectivity index (χ0n) is 18.0. The van der Waals surface area contributed by atoms with E-state index in [1.165, 1.54) is 12.1 Å². The summed E-state index contributed by atoms with van der Waals surface area (Å²) in [6.07, 6.45) is 3.21. The standard InChI is InChI=1S/C28H22O6/c29-20-6-4-18(5-7-20)28-27(19-12-23(32)15-24(33)13-19)25-11-16(3-8-26(25)34-28)1-2-17-9-21(30)14-22(31)10-17/h1-15,27-33H. The second kappa shape index (κ2) is 8.41. The number of benzene rings is 4. The Hall–Kier alpha value is -4.58. The fourth-order valence-electron chi connectivity index (χ4n) is 4.37. The van der Waals surface area contributed by atoms with Gasteiger partial charge in [-0.25, -0.2) is 0 Å². The lowest BCUT2D eigenvalue weighted by Gasteiger charge is -2.20. The Morgan fingerprint density at radius 3 is 1.76 bits per heavy atom. The average Bonchev–Trinajstić information content (AvgIpc) is 3.15. The van der Waals surface area contributed by atoms with E-state index in [0.29, 0.717) is 16.9 Å². The van der Waals surface area contributed by atoms with Gasteiger partial charge in [0.1, 0.15) is 40.6 Å². The van der Waals surface area contributed by atoms with Gasteiger partial charge in [-0.2, -0.15) is 0 Å². The van der Waals surface area contributed by atoms with Crippen molar-refractivity contribution < 1.29 is 30.3 Å². The molecule has 34 heavy (non-hydrogen) atoms. The van der Waals surface area contributed by atoms with E-state index in [2.05, 4.69) is 0 Å². The van der Waals surface area contributed by atoms with E-state index in [1.54, 1.807) is 54.6 Å². The maximum atomic E-state index is 10.1. The van der Waals surface area contributed by atoms with Crippen molar-refractivity contribution in [2.75, 3.05) is 0 Å². The lowest BCUT2D eigenvalue weighted by Crippen LogP contribution is -2.11. The van der Waals surface area contributed by atoms with Gasteiger partial charge in [0.2, 0.25) is 0 Å². The Balaban J connectivity index is 1.57. The molecular weight excluding hydrogens is 432 g/mol. The minimum atomic E-state index is -0.431. The molecule has 6 heteroatoms. The molecule has 2 unspecified atom stereocenters. The van der Waals surface area contributed by atoms with Crippen LogP contribution in [0.4, 0.5) is 0 Å². The first-order chi connectivity index (χ1) is 16.4. The number of hydrogen-bond donors (Lipinski definition) is 5. The van der Waals surface area contributed by atoms with Crippen molar-refractivity contribution in [2.45, 2.75) is 12.0 Å². The molecule has 6 nitrogen and oxygen atoms in total. The number of aromatic hydroxyl groups is 5. The molecule has 1 heterocycles. The first-order valence-electron chi connectivity index (χ1n) is 10.7. The number of fused-ring (bicyclic) bond motifs is 1. The topological polar surface area (TPSA) is 110 Å². The Morgan fingerprint density at radius 1 is 0.529 bits per heavy atom. The fourth-order valence-corrected chi connectivity index (χ4v) is 4.37. The minimum Gasteiger partial charge on any atom is -0.508 e. The maximum Gasteiger partial charge on any atom is 0.135 e. The third kappa shape index (κ3) is 4.21. The van der Waals surface area contributed by atoms with Crippen LogP contribution >= 0.6 is 0 Å². The Morgan fingerprint density at radius 2 is 1.12 bits per heavy atom. The van der Waals surface area contributed by atoms with Crippen LogP contribution < -0.4 is 4.74 Å². The van der Waals surface area contributed by atoms with Crippen LogP contribution in [0.2, 0.25) is 0 Å². The molecule has 0 fully saturated rings. The van der Waals surface area contributed by atoms with Gasteiger partial charge in [-0.15, -0.1) is 0 Å². The Labute approximate surface area is 195 Å². The summed E-state index contributed by atoms with van der Waals surface area (Å²) in [4.78, 5) is 0. The summed E-state index contributed by atoms with van der Waals surface area (Å²) in [5.41, 5.74) is 3.92. The summed E-state index contributed by atoms with van der Waals surface area (Å²) in [5, 5.41) is 49.4. The first-order valence-corrected chi connectivity index (χ1v) is 10.7. The number of phenolic OH excluding ortho intramolecular Hbond substituents is 5. The Bertz CT molecular complexity index is 1350. The minimum absolute atomic E-state index is 0.0255. The molecule has 1 aliphatic rings. The third-order valence-electron chi connectivity index (χ3n) is 5.82. The van der Waals surface area contributed by atoms with Crippen LogP contribution in [0.1, 0.15) is 39.8 Å². The summed E-state index contributed by atoms with van der Waals surface area (Å²) in [7, 11) is 0. The van der Waals surface area contributed by atoms with Gasteiger partial charge < -0.3 is 30.3 Å². The SMILES string of the molecule is Oc1ccc(C2Oc3ccc(C=Cc4cc(O)cc(O)c4)cc3C2c2cc(O)cc(O)c2)cc1. The summed E-state index contributed by atoms with van der Waals surface area (Å²) in [5.74, 6) is 0.357. The molecule has 5 N–H and O–H groups in total. The molecule has 0 aromatic heterocycles. The highest BCUT2D eigenvalue weighted by molar-refractivity contribution is 5.72. The lowest BCUT2D eigenvalue weighted by molar-refractivity contribution is 0.222. The van der Waals surface area contributed by atoms with Crippen molar-refractivity contribution in [1.82, 2.24) is 0 Å². The normalized spacial score (nSPS) is 16.9. The number of ether oxygens (including phenoxy) is 1. The summed E-state index contributed by atoms with van der Waals surface area (Å²) in [6.45, 7) is 0. The highest BCUT2D eigenvalue weighted by Gasteiger charge is 2.37. The van der Waals surface area contributed by atoms with E-state index in [-0.39, 0.29) is 34.7 Å². The number of rotatable bonds is 4. The largest absolute Gasteiger partial charge is 0.508 e. The molecule has 0 spiro atoms. The van der Waals surface area contributed by atoms with Crippen LogP contribution in [0, 0.1) is 0 Å².